The molecule has 0 aromatic heterocycles. The van der Waals surface area contributed by atoms with E-state index in [4.69, 9.17) is 26.2 Å². The van der Waals surface area contributed by atoms with Crippen molar-refractivity contribution in [3.05, 3.63) is 58.6 Å². The van der Waals surface area contributed by atoms with Gasteiger partial charge in [0.2, 0.25) is 0 Å². The first kappa shape index (κ1) is 19.5. The van der Waals surface area contributed by atoms with Crippen molar-refractivity contribution in [3.8, 4) is 11.5 Å². The molecule has 2 aromatic carbocycles. The van der Waals surface area contributed by atoms with Gasteiger partial charge in [0.25, 0.3) is 0 Å². The fourth-order valence-corrected chi connectivity index (χ4v) is 3.63. The highest BCUT2D eigenvalue weighted by Gasteiger charge is 2.23. The van der Waals surface area contributed by atoms with Gasteiger partial charge in [0.05, 0.1) is 7.11 Å². The molecule has 144 valence electrons. The number of ether oxygens (including phenoxy) is 2. The van der Waals surface area contributed by atoms with Crippen molar-refractivity contribution in [2.24, 2.45) is 5.92 Å². The molecule has 0 bridgehead atoms. The lowest BCUT2D eigenvalue weighted by molar-refractivity contribution is -0.139. The lowest BCUT2D eigenvalue weighted by Crippen LogP contribution is -2.20. The van der Waals surface area contributed by atoms with Crippen LogP contribution in [0.5, 0.6) is 11.5 Å². The summed E-state index contributed by atoms with van der Waals surface area (Å²) in [5.74, 6) is 0.635. The molecule has 1 aliphatic rings. The first-order valence-corrected chi connectivity index (χ1v) is 9.39. The molecule has 27 heavy (non-hydrogen) atoms. The average Bonchev–Trinajstić information content (AvgIpc) is 3.09. The molecular formula is C21H24ClNO4. The van der Waals surface area contributed by atoms with Crippen molar-refractivity contribution in [1.82, 2.24) is 4.90 Å². The SMILES string of the molecule is COc1ccc(CN2CCC(Cc3ccc(Cl)cc3)C2)cc1OCC(=O)O. The van der Waals surface area contributed by atoms with E-state index in [9.17, 15) is 4.79 Å². The second kappa shape index (κ2) is 9.11. The van der Waals surface area contributed by atoms with Crippen LogP contribution in [0.25, 0.3) is 0 Å². The van der Waals surface area contributed by atoms with Crippen molar-refractivity contribution >= 4 is 17.6 Å². The number of hydrogen-bond acceptors (Lipinski definition) is 4. The molecular weight excluding hydrogens is 366 g/mol. The number of methoxy groups -OCH3 is 1. The molecule has 0 radical (unpaired) electrons. The maximum atomic E-state index is 10.8. The molecule has 1 N–H and O–H groups in total. The van der Waals surface area contributed by atoms with Gasteiger partial charge in [-0.1, -0.05) is 29.8 Å². The largest absolute Gasteiger partial charge is 0.493 e. The van der Waals surface area contributed by atoms with Gasteiger partial charge < -0.3 is 14.6 Å². The Morgan fingerprint density at radius 3 is 2.63 bits per heavy atom. The quantitative estimate of drug-likeness (QED) is 0.742. The topological polar surface area (TPSA) is 59.0 Å². The third-order valence-electron chi connectivity index (χ3n) is 4.79. The number of aliphatic carboxylic acids is 1. The molecule has 5 nitrogen and oxygen atoms in total. The molecule has 0 aliphatic carbocycles. The Morgan fingerprint density at radius 2 is 1.93 bits per heavy atom. The molecule has 6 heteroatoms. The molecule has 1 aliphatic heterocycles. The van der Waals surface area contributed by atoms with Crippen LogP contribution in [0, 0.1) is 5.92 Å². The van der Waals surface area contributed by atoms with Crippen molar-refractivity contribution in [2.75, 3.05) is 26.8 Å². The van der Waals surface area contributed by atoms with Crippen molar-refractivity contribution < 1.29 is 19.4 Å². The Hall–Kier alpha value is -2.24. The lowest BCUT2D eigenvalue weighted by Gasteiger charge is -2.18. The Kier molecular flexibility index (Phi) is 6.58. The van der Waals surface area contributed by atoms with Gasteiger partial charge >= 0.3 is 5.97 Å². The highest BCUT2D eigenvalue weighted by Crippen LogP contribution is 2.30. The summed E-state index contributed by atoms with van der Waals surface area (Å²) < 4.78 is 10.6. The van der Waals surface area contributed by atoms with Gasteiger partial charge in [-0.05, 0) is 60.7 Å². The van der Waals surface area contributed by atoms with Gasteiger partial charge in [0.1, 0.15) is 0 Å². The third-order valence-corrected chi connectivity index (χ3v) is 5.04. The molecule has 0 saturated carbocycles. The van der Waals surface area contributed by atoms with Gasteiger partial charge in [0.15, 0.2) is 18.1 Å². The van der Waals surface area contributed by atoms with Crippen LogP contribution >= 0.6 is 11.6 Å². The van der Waals surface area contributed by atoms with Gasteiger partial charge in [-0.15, -0.1) is 0 Å². The van der Waals surface area contributed by atoms with Crippen LogP contribution in [0.4, 0.5) is 0 Å². The summed E-state index contributed by atoms with van der Waals surface area (Å²) in [4.78, 5) is 13.2. The van der Waals surface area contributed by atoms with Crippen LogP contribution in [0.1, 0.15) is 17.5 Å². The molecule has 0 spiro atoms. The smallest absolute Gasteiger partial charge is 0.341 e. The van der Waals surface area contributed by atoms with E-state index in [0.717, 1.165) is 36.6 Å². The highest BCUT2D eigenvalue weighted by atomic mass is 35.5. The molecule has 1 fully saturated rings. The second-order valence-corrected chi connectivity index (χ2v) is 7.32. The van der Waals surface area contributed by atoms with E-state index in [1.807, 2.05) is 30.3 Å². The van der Waals surface area contributed by atoms with Crippen LogP contribution in [-0.4, -0.2) is 42.8 Å². The van der Waals surface area contributed by atoms with Crippen LogP contribution in [0.2, 0.25) is 5.02 Å². The van der Waals surface area contributed by atoms with Crippen LogP contribution in [-0.2, 0) is 17.8 Å². The van der Waals surface area contributed by atoms with Gasteiger partial charge in [0, 0.05) is 18.1 Å². The first-order chi connectivity index (χ1) is 13.0. The minimum absolute atomic E-state index is 0.382. The minimum Gasteiger partial charge on any atom is -0.493 e. The monoisotopic (exact) mass is 389 g/mol. The summed E-state index contributed by atoms with van der Waals surface area (Å²) in [6, 6.07) is 13.8. The zero-order chi connectivity index (χ0) is 19.2. The normalized spacial score (nSPS) is 17.0. The number of carboxylic acid groups (broad SMARTS) is 1. The van der Waals surface area contributed by atoms with Crippen LogP contribution < -0.4 is 9.47 Å². The van der Waals surface area contributed by atoms with E-state index in [1.54, 1.807) is 7.11 Å². The van der Waals surface area contributed by atoms with Crippen molar-refractivity contribution in [3.63, 3.8) is 0 Å². The lowest BCUT2D eigenvalue weighted by atomic mass is 9.99. The number of rotatable bonds is 8. The number of carbonyl (C=O) groups is 1. The van der Waals surface area contributed by atoms with Crippen LogP contribution in [0.15, 0.2) is 42.5 Å². The predicted octanol–water partition coefficient (Wildman–Crippen LogP) is 3.88. The summed E-state index contributed by atoms with van der Waals surface area (Å²) in [6.07, 6.45) is 2.23. The fourth-order valence-electron chi connectivity index (χ4n) is 3.51. The van der Waals surface area contributed by atoms with Crippen LogP contribution in [0.3, 0.4) is 0 Å². The van der Waals surface area contributed by atoms with E-state index in [0.29, 0.717) is 17.4 Å². The standard InChI is InChI=1S/C21H24ClNO4/c1-26-19-7-4-16(11-20(19)27-14-21(24)25)12-23-9-8-17(13-23)10-15-2-5-18(22)6-3-15/h2-7,11,17H,8-10,12-14H2,1H3,(H,24,25). The van der Waals surface area contributed by atoms with E-state index in [-0.39, 0.29) is 6.61 Å². The first-order valence-electron chi connectivity index (χ1n) is 9.02. The number of nitrogens with zero attached hydrogens (tertiary/aromatic N) is 1. The minimum atomic E-state index is -1.01. The Balaban J connectivity index is 1.58. The van der Waals surface area contributed by atoms with Gasteiger partial charge in [-0.3, -0.25) is 4.90 Å². The fraction of sp³-hybridized carbons (Fsp3) is 0.381. The number of hydrogen-bond donors (Lipinski definition) is 1. The van der Waals surface area contributed by atoms with E-state index in [1.165, 1.54) is 12.0 Å². The third kappa shape index (κ3) is 5.62. The summed E-state index contributed by atoms with van der Waals surface area (Å²) >= 11 is 5.96. The van der Waals surface area contributed by atoms with Crippen molar-refractivity contribution in [2.45, 2.75) is 19.4 Å². The Bertz CT molecular complexity index is 778. The number of halogens is 1. The molecule has 1 atom stereocenters. The predicted molar refractivity (Wildman–Crippen MR) is 105 cm³/mol. The maximum Gasteiger partial charge on any atom is 0.341 e. The molecule has 3 rings (SSSR count). The van der Waals surface area contributed by atoms with Gasteiger partial charge in [-0.25, -0.2) is 4.79 Å². The summed E-state index contributed by atoms with van der Waals surface area (Å²) in [5, 5.41) is 9.59. The zero-order valence-corrected chi connectivity index (χ0v) is 16.1. The second-order valence-electron chi connectivity index (χ2n) is 6.89. The summed E-state index contributed by atoms with van der Waals surface area (Å²) in [5.41, 5.74) is 2.41. The zero-order valence-electron chi connectivity index (χ0n) is 15.4. The average molecular weight is 390 g/mol. The Labute approximate surface area is 164 Å². The summed E-state index contributed by atoms with van der Waals surface area (Å²) in [7, 11) is 1.55. The highest BCUT2D eigenvalue weighted by molar-refractivity contribution is 6.30. The molecule has 1 saturated heterocycles. The molecule has 0 amide bonds. The number of likely N-dealkylation sites (tertiary alicyclic amines) is 1. The number of benzene rings is 2. The van der Waals surface area contributed by atoms with E-state index in [2.05, 4.69) is 17.0 Å². The van der Waals surface area contributed by atoms with E-state index >= 15 is 0 Å². The molecule has 1 heterocycles. The van der Waals surface area contributed by atoms with E-state index < -0.39 is 5.97 Å². The Morgan fingerprint density at radius 1 is 1.19 bits per heavy atom. The van der Waals surface area contributed by atoms with Gasteiger partial charge in [-0.2, -0.15) is 0 Å². The molecule has 1 unspecified atom stereocenters. The molecule has 2 aromatic rings. The van der Waals surface area contributed by atoms with Crippen molar-refractivity contribution in [1.29, 1.82) is 0 Å². The summed E-state index contributed by atoms with van der Waals surface area (Å²) in [6.45, 7) is 2.52. The number of carboxylic acids is 1. The maximum absolute atomic E-state index is 10.8.